The maximum absolute atomic E-state index is 13.3. The van der Waals surface area contributed by atoms with Crippen LogP contribution in [0.1, 0.15) is 10.4 Å². The Morgan fingerprint density at radius 2 is 1.59 bits per heavy atom. The zero-order chi connectivity index (χ0) is 20.5. The number of benzene rings is 2. The molecule has 0 atom stereocenters. The van der Waals surface area contributed by atoms with Crippen molar-refractivity contribution in [2.75, 3.05) is 29.2 Å². The molecule has 1 aromatic heterocycles. The van der Waals surface area contributed by atoms with Crippen LogP contribution < -0.4 is 15.1 Å². The Hall–Kier alpha value is -3.38. The maximum atomic E-state index is 13.3. The Morgan fingerprint density at radius 3 is 2.17 bits per heavy atom. The highest BCUT2D eigenvalue weighted by Gasteiger charge is 2.40. The molecular formula is C23H21N3O2S. The molecule has 2 heterocycles. The van der Waals surface area contributed by atoms with Gasteiger partial charge in [0.15, 0.2) is 0 Å². The number of rotatable bonds is 5. The monoisotopic (exact) mass is 403 g/mol. The van der Waals surface area contributed by atoms with Crippen LogP contribution in [0.3, 0.4) is 0 Å². The number of carbonyl (C=O) groups is 2. The third-order valence-electron chi connectivity index (χ3n) is 4.80. The highest BCUT2D eigenvalue weighted by molar-refractivity contribution is 7.11. The first-order chi connectivity index (χ1) is 14.0. The molecule has 146 valence electrons. The summed E-state index contributed by atoms with van der Waals surface area (Å²) in [6.07, 6.45) is 0. The lowest BCUT2D eigenvalue weighted by molar-refractivity contribution is -0.120. The topological polar surface area (TPSA) is 52.7 Å². The number of anilines is 3. The molecule has 6 heteroatoms. The molecule has 0 saturated heterocycles. The number of aryl methyl sites for hydroxylation is 1. The second-order valence-electron chi connectivity index (χ2n) is 7.07. The molecule has 0 saturated carbocycles. The van der Waals surface area contributed by atoms with Crippen LogP contribution in [0.2, 0.25) is 0 Å². The summed E-state index contributed by atoms with van der Waals surface area (Å²) in [7, 11) is 3.89. The molecule has 0 spiro atoms. The summed E-state index contributed by atoms with van der Waals surface area (Å²) in [5, 5.41) is 5.08. The van der Waals surface area contributed by atoms with E-state index in [-0.39, 0.29) is 11.8 Å². The molecule has 0 aliphatic carbocycles. The third kappa shape index (κ3) is 3.54. The number of imide groups is 1. The molecular weight excluding hydrogens is 382 g/mol. The molecule has 2 amide bonds. The van der Waals surface area contributed by atoms with E-state index in [4.69, 9.17) is 0 Å². The van der Waals surface area contributed by atoms with Gasteiger partial charge in [-0.25, -0.2) is 4.90 Å². The second-order valence-corrected chi connectivity index (χ2v) is 8.02. The van der Waals surface area contributed by atoms with E-state index in [1.165, 1.54) is 16.2 Å². The standard InChI is InChI=1S/C23H21N3O2S/c1-15-6-8-16(9-7-15)24-21-20(19-5-4-14-29-19)22(27)26(23(21)28)18-12-10-17(11-13-18)25(2)3/h4-14,24H,1-3H3. The summed E-state index contributed by atoms with van der Waals surface area (Å²) in [6.45, 7) is 2.00. The van der Waals surface area contributed by atoms with Crippen molar-refractivity contribution in [1.29, 1.82) is 0 Å². The van der Waals surface area contributed by atoms with Crippen molar-refractivity contribution in [3.05, 3.63) is 82.2 Å². The van der Waals surface area contributed by atoms with E-state index >= 15 is 0 Å². The fraction of sp³-hybridized carbons (Fsp3) is 0.130. The highest BCUT2D eigenvalue weighted by atomic mass is 32.1. The summed E-state index contributed by atoms with van der Waals surface area (Å²) in [4.78, 5) is 30.6. The van der Waals surface area contributed by atoms with Gasteiger partial charge in [0.1, 0.15) is 5.70 Å². The van der Waals surface area contributed by atoms with E-state index in [0.717, 1.165) is 21.8 Å². The second kappa shape index (κ2) is 7.56. The Labute approximate surface area is 173 Å². The average molecular weight is 404 g/mol. The molecule has 4 rings (SSSR count). The molecule has 0 fully saturated rings. The third-order valence-corrected chi connectivity index (χ3v) is 5.68. The summed E-state index contributed by atoms with van der Waals surface area (Å²) in [5.74, 6) is -0.666. The SMILES string of the molecule is Cc1ccc(NC2=C(c3cccs3)C(=O)N(c3ccc(N(C)C)cc3)C2=O)cc1. The van der Waals surface area contributed by atoms with Crippen molar-refractivity contribution in [2.45, 2.75) is 6.92 Å². The van der Waals surface area contributed by atoms with Gasteiger partial charge in [0.05, 0.1) is 11.3 Å². The summed E-state index contributed by atoms with van der Waals surface area (Å²) < 4.78 is 0. The molecule has 0 bridgehead atoms. The van der Waals surface area contributed by atoms with Crippen molar-refractivity contribution in [3.8, 4) is 0 Å². The Kier molecular flexibility index (Phi) is 4.94. The smallest absolute Gasteiger partial charge is 0.282 e. The van der Waals surface area contributed by atoms with E-state index in [2.05, 4.69) is 5.32 Å². The lowest BCUT2D eigenvalue weighted by Crippen LogP contribution is -2.32. The minimum atomic E-state index is -0.350. The summed E-state index contributed by atoms with van der Waals surface area (Å²) >= 11 is 1.44. The molecule has 0 radical (unpaired) electrons. The fourth-order valence-electron chi connectivity index (χ4n) is 3.21. The predicted molar refractivity (Wildman–Crippen MR) is 119 cm³/mol. The van der Waals surface area contributed by atoms with Crippen LogP contribution in [0.25, 0.3) is 5.57 Å². The van der Waals surface area contributed by atoms with Gasteiger partial charge in [0, 0.05) is 30.3 Å². The van der Waals surface area contributed by atoms with Crippen molar-refractivity contribution < 1.29 is 9.59 Å². The van der Waals surface area contributed by atoms with Crippen molar-refractivity contribution >= 4 is 45.8 Å². The highest BCUT2D eigenvalue weighted by Crippen LogP contribution is 2.35. The van der Waals surface area contributed by atoms with Crippen LogP contribution in [0.5, 0.6) is 0 Å². The predicted octanol–water partition coefficient (Wildman–Crippen LogP) is 4.52. The van der Waals surface area contributed by atoms with E-state index < -0.39 is 0 Å². The lowest BCUT2D eigenvalue weighted by Gasteiger charge is -2.18. The van der Waals surface area contributed by atoms with E-state index in [1.54, 1.807) is 12.1 Å². The van der Waals surface area contributed by atoms with Crippen LogP contribution in [-0.2, 0) is 9.59 Å². The molecule has 1 aliphatic heterocycles. The number of hydrogen-bond acceptors (Lipinski definition) is 5. The Morgan fingerprint density at radius 1 is 0.897 bits per heavy atom. The van der Waals surface area contributed by atoms with Crippen LogP contribution in [0.15, 0.2) is 71.7 Å². The lowest BCUT2D eigenvalue weighted by atomic mass is 10.1. The van der Waals surface area contributed by atoms with Crippen LogP contribution in [0.4, 0.5) is 17.1 Å². The zero-order valence-corrected chi connectivity index (χ0v) is 17.3. The molecule has 1 aliphatic rings. The van der Waals surface area contributed by atoms with Gasteiger partial charge in [-0.05, 0) is 54.8 Å². The molecule has 2 aromatic carbocycles. The van der Waals surface area contributed by atoms with Gasteiger partial charge in [0.2, 0.25) is 0 Å². The molecule has 29 heavy (non-hydrogen) atoms. The first kappa shape index (κ1) is 19.0. The van der Waals surface area contributed by atoms with Crippen molar-refractivity contribution in [1.82, 2.24) is 0 Å². The molecule has 3 aromatic rings. The molecule has 1 N–H and O–H groups in total. The minimum absolute atomic E-state index is 0.304. The number of thiophene rings is 1. The first-order valence-corrected chi connectivity index (χ1v) is 10.1. The maximum Gasteiger partial charge on any atom is 0.282 e. The van der Waals surface area contributed by atoms with Crippen LogP contribution in [0, 0.1) is 6.92 Å². The van der Waals surface area contributed by atoms with Crippen molar-refractivity contribution in [3.63, 3.8) is 0 Å². The minimum Gasteiger partial charge on any atom is -0.378 e. The normalized spacial score (nSPS) is 14.0. The van der Waals surface area contributed by atoms with Crippen LogP contribution in [-0.4, -0.2) is 25.9 Å². The summed E-state index contributed by atoms with van der Waals surface area (Å²) in [6, 6.07) is 18.9. The van der Waals surface area contributed by atoms with Gasteiger partial charge in [0.25, 0.3) is 11.8 Å². The van der Waals surface area contributed by atoms with Gasteiger partial charge < -0.3 is 10.2 Å². The van der Waals surface area contributed by atoms with Crippen molar-refractivity contribution in [2.24, 2.45) is 0 Å². The van der Waals surface area contributed by atoms with Gasteiger partial charge in [-0.2, -0.15) is 0 Å². The quantitative estimate of drug-likeness (QED) is 0.637. The first-order valence-electron chi connectivity index (χ1n) is 9.24. The van der Waals surface area contributed by atoms with E-state index in [9.17, 15) is 9.59 Å². The van der Waals surface area contributed by atoms with Gasteiger partial charge in [-0.3, -0.25) is 9.59 Å². The number of carbonyl (C=O) groups excluding carboxylic acids is 2. The molecule has 0 unspecified atom stereocenters. The average Bonchev–Trinajstić information content (AvgIpc) is 3.31. The van der Waals surface area contributed by atoms with Crippen LogP contribution >= 0.6 is 11.3 Å². The number of nitrogens with zero attached hydrogens (tertiary/aromatic N) is 2. The van der Waals surface area contributed by atoms with Gasteiger partial charge >= 0.3 is 0 Å². The van der Waals surface area contributed by atoms with Gasteiger partial charge in [-0.15, -0.1) is 11.3 Å². The zero-order valence-electron chi connectivity index (χ0n) is 16.5. The number of amides is 2. The molecule has 5 nitrogen and oxygen atoms in total. The number of nitrogens with one attached hydrogen (secondary N) is 1. The Bertz CT molecular complexity index is 1080. The van der Waals surface area contributed by atoms with E-state index in [1.807, 2.05) is 79.8 Å². The van der Waals surface area contributed by atoms with Gasteiger partial charge in [-0.1, -0.05) is 23.8 Å². The summed E-state index contributed by atoms with van der Waals surface area (Å²) in [5.41, 5.74) is 4.16. The largest absolute Gasteiger partial charge is 0.378 e. The Balaban J connectivity index is 1.74. The number of hydrogen-bond donors (Lipinski definition) is 1. The fourth-order valence-corrected chi connectivity index (χ4v) is 3.98. The van der Waals surface area contributed by atoms with E-state index in [0.29, 0.717) is 17.0 Å².